The summed E-state index contributed by atoms with van der Waals surface area (Å²) in [5.74, 6) is -1.38. The summed E-state index contributed by atoms with van der Waals surface area (Å²) in [5.41, 5.74) is 1.57. The van der Waals surface area contributed by atoms with Crippen LogP contribution in [-0.4, -0.2) is 60.0 Å². The first kappa shape index (κ1) is 21.8. The number of carbonyl (C=O) groups excluding carboxylic acids is 4. The van der Waals surface area contributed by atoms with Crippen LogP contribution in [0, 0.1) is 0 Å². The molecule has 0 aromatic heterocycles. The van der Waals surface area contributed by atoms with Gasteiger partial charge in [0.15, 0.2) is 0 Å². The Morgan fingerprint density at radius 2 is 2.03 bits per heavy atom. The number of nitrogens with one attached hydrogen (secondary N) is 2. The van der Waals surface area contributed by atoms with Gasteiger partial charge in [0, 0.05) is 36.3 Å². The summed E-state index contributed by atoms with van der Waals surface area (Å²) < 4.78 is 10.5. The van der Waals surface area contributed by atoms with Crippen molar-refractivity contribution in [3.05, 3.63) is 29.3 Å². The summed E-state index contributed by atoms with van der Waals surface area (Å²) in [6.07, 6.45) is 0.544. The Hall–Kier alpha value is -2.94. The Morgan fingerprint density at radius 3 is 2.73 bits per heavy atom. The molecule has 1 fully saturated rings. The second-order valence-corrected chi connectivity index (χ2v) is 8.30. The third-order valence-electron chi connectivity index (χ3n) is 4.78. The van der Waals surface area contributed by atoms with Crippen LogP contribution < -0.4 is 10.6 Å². The first-order valence-corrected chi connectivity index (χ1v) is 9.96. The highest BCUT2D eigenvalue weighted by molar-refractivity contribution is 6.06. The van der Waals surface area contributed by atoms with Crippen LogP contribution in [0.3, 0.4) is 0 Å². The van der Waals surface area contributed by atoms with Gasteiger partial charge in [-0.25, -0.2) is 4.79 Å². The number of benzene rings is 1. The Labute approximate surface area is 175 Å². The average molecular weight is 417 g/mol. The highest BCUT2D eigenvalue weighted by atomic mass is 16.6. The van der Waals surface area contributed by atoms with Crippen molar-refractivity contribution in [1.82, 2.24) is 10.2 Å². The van der Waals surface area contributed by atoms with E-state index in [4.69, 9.17) is 9.47 Å². The molecule has 0 spiro atoms. The fraction of sp³-hybridized carbons (Fsp3) is 0.524. The maximum absolute atomic E-state index is 12.8. The summed E-state index contributed by atoms with van der Waals surface area (Å²) in [4.78, 5) is 49.5. The van der Waals surface area contributed by atoms with Gasteiger partial charge < -0.3 is 19.7 Å². The molecule has 0 bridgehead atoms. The van der Waals surface area contributed by atoms with Crippen LogP contribution in [0.5, 0.6) is 0 Å². The number of fused-ring (bicyclic) bond motifs is 1. The lowest BCUT2D eigenvalue weighted by atomic mass is 10.0. The zero-order valence-corrected chi connectivity index (χ0v) is 17.4. The molecule has 0 radical (unpaired) electrons. The molecule has 1 unspecified atom stereocenters. The quantitative estimate of drug-likeness (QED) is 0.389. The van der Waals surface area contributed by atoms with Gasteiger partial charge in [-0.3, -0.25) is 19.7 Å². The molecule has 2 heterocycles. The molecule has 1 saturated heterocycles. The van der Waals surface area contributed by atoms with Crippen LogP contribution in [0.15, 0.2) is 18.2 Å². The lowest BCUT2D eigenvalue weighted by Crippen LogP contribution is -2.52. The zero-order valence-electron chi connectivity index (χ0n) is 17.4. The van der Waals surface area contributed by atoms with Crippen molar-refractivity contribution in [3.8, 4) is 0 Å². The van der Waals surface area contributed by atoms with E-state index in [-0.39, 0.29) is 31.4 Å². The minimum absolute atomic E-state index is 0.131. The van der Waals surface area contributed by atoms with E-state index in [0.717, 1.165) is 11.3 Å². The maximum atomic E-state index is 12.8. The van der Waals surface area contributed by atoms with E-state index in [9.17, 15) is 19.2 Å². The normalized spacial score (nSPS) is 18.8. The number of imide groups is 1. The van der Waals surface area contributed by atoms with Crippen LogP contribution >= 0.6 is 0 Å². The van der Waals surface area contributed by atoms with Gasteiger partial charge in [0.25, 0.3) is 5.91 Å². The number of piperidine rings is 1. The van der Waals surface area contributed by atoms with Crippen molar-refractivity contribution in [3.63, 3.8) is 0 Å². The van der Waals surface area contributed by atoms with Crippen LogP contribution in [0.25, 0.3) is 0 Å². The minimum Gasteiger partial charge on any atom is -0.458 e. The Kier molecular flexibility index (Phi) is 6.40. The molecule has 2 aliphatic rings. The second-order valence-electron chi connectivity index (χ2n) is 8.30. The topological polar surface area (TPSA) is 114 Å². The van der Waals surface area contributed by atoms with Crippen molar-refractivity contribution in [2.45, 2.75) is 51.8 Å². The van der Waals surface area contributed by atoms with Gasteiger partial charge in [-0.15, -0.1) is 0 Å². The summed E-state index contributed by atoms with van der Waals surface area (Å²) in [7, 11) is 0. The SMILES string of the molecule is CC(C)(C)OC(=O)COCCNc1cccc2c1CN(C1CCC(=O)NC1=O)C2=O. The first-order valence-electron chi connectivity index (χ1n) is 9.96. The van der Waals surface area contributed by atoms with Crippen LogP contribution in [-0.2, 0) is 30.4 Å². The molecule has 3 rings (SSSR count). The van der Waals surface area contributed by atoms with E-state index in [2.05, 4.69) is 10.6 Å². The van der Waals surface area contributed by atoms with Crippen molar-refractivity contribution >= 4 is 29.4 Å². The molecule has 30 heavy (non-hydrogen) atoms. The maximum Gasteiger partial charge on any atom is 0.332 e. The molecular weight excluding hydrogens is 390 g/mol. The molecule has 1 atom stereocenters. The average Bonchev–Trinajstić information content (AvgIpc) is 2.97. The van der Waals surface area contributed by atoms with Crippen molar-refractivity contribution < 1.29 is 28.7 Å². The van der Waals surface area contributed by atoms with Gasteiger partial charge in [-0.1, -0.05) is 6.07 Å². The summed E-state index contributed by atoms with van der Waals surface area (Å²) in [6.45, 7) is 6.26. The standard InChI is InChI=1S/C21H27N3O6/c1-21(2,3)30-18(26)12-29-10-9-22-15-6-4-5-13-14(15)11-24(20(13)28)16-7-8-17(25)23-19(16)27/h4-6,16,22H,7-12H2,1-3H3,(H,23,25,27). The molecule has 1 aromatic rings. The first-order chi connectivity index (χ1) is 14.2. The lowest BCUT2D eigenvalue weighted by molar-refractivity contribution is -0.160. The smallest absolute Gasteiger partial charge is 0.332 e. The zero-order chi connectivity index (χ0) is 21.9. The van der Waals surface area contributed by atoms with E-state index in [1.165, 1.54) is 4.90 Å². The van der Waals surface area contributed by atoms with E-state index in [1.807, 2.05) is 6.07 Å². The van der Waals surface area contributed by atoms with E-state index >= 15 is 0 Å². The highest BCUT2D eigenvalue weighted by Gasteiger charge is 2.39. The highest BCUT2D eigenvalue weighted by Crippen LogP contribution is 2.32. The third kappa shape index (κ3) is 5.15. The fourth-order valence-corrected chi connectivity index (χ4v) is 3.54. The van der Waals surface area contributed by atoms with Crippen LogP contribution in [0.4, 0.5) is 5.69 Å². The monoisotopic (exact) mass is 417 g/mol. The van der Waals surface area contributed by atoms with Gasteiger partial charge in [0.05, 0.1) is 6.61 Å². The number of nitrogens with zero attached hydrogens (tertiary/aromatic N) is 1. The number of rotatable bonds is 7. The molecule has 3 amide bonds. The summed E-state index contributed by atoms with van der Waals surface area (Å²) in [6, 6.07) is 4.71. The second kappa shape index (κ2) is 8.83. The molecule has 9 heteroatoms. The number of carbonyl (C=O) groups is 4. The number of esters is 1. The Bertz CT molecular complexity index is 861. The number of hydrogen-bond donors (Lipinski definition) is 2. The molecular formula is C21H27N3O6. The van der Waals surface area contributed by atoms with Crippen LogP contribution in [0.1, 0.15) is 49.5 Å². The third-order valence-corrected chi connectivity index (χ3v) is 4.78. The largest absolute Gasteiger partial charge is 0.458 e. The van der Waals surface area contributed by atoms with E-state index < -0.39 is 23.5 Å². The Balaban J connectivity index is 1.54. The summed E-state index contributed by atoms with van der Waals surface area (Å²) >= 11 is 0. The van der Waals surface area contributed by atoms with Crippen LogP contribution in [0.2, 0.25) is 0 Å². The minimum atomic E-state index is -0.646. The molecule has 162 valence electrons. The van der Waals surface area contributed by atoms with Crippen molar-refractivity contribution in [1.29, 1.82) is 0 Å². The molecule has 9 nitrogen and oxygen atoms in total. The fourth-order valence-electron chi connectivity index (χ4n) is 3.54. The predicted molar refractivity (Wildman–Crippen MR) is 108 cm³/mol. The number of amides is 3. The Morgan fingerprint density at radius 1 is 1.27 bits per heavy atom. The van der Waals surface area contributed by atoms with Gasteiger partial charge >= 0.3 is 5.97 Å². The molecule has 2 aliphatic heterocycles. The number of anilines is 1. The molecule has 1 aromatic carbocycles. The molecule has 0 saturated carbocycles. The van der Waals surface area contributed by atoms with E-state index in [1.54, 1.807) is 32.9 Å². The number of ether oxygens (including phenoxy) is 2. The van der Waals surface area contributed by atoms with Crippen molar-refractivity contribution in [2.24, 2.45) is 0 Å². The van der Waals surface area contributed by atoms with E-state index in [0.29, 0.717) is 25.1 Å². The van der Waals surface area contributed by atoms with Gasteiger partial charge in [0.1, 0.15) is 18.2 Å². The van der Waals surface area contributed by atoms with Gasteiger partial charge in [0.2, 0.25) is 11.8 Å². The predicted octanol–water partition coefficient (Wildman–Crippen LogP) is 1.22. The van der Waals surface area contributed by atoms with Gasteiger partial charge in [-0.05, 0) is 39.3 Å². The molecule has 2 N–H and O–H groups in total. The summed E-state index contributed by atoms with van der Waals surface area (Å²) in [5, 5.41) is 5.52. The number of hydrogen-bond acceptors (Lipinski definition) is 7. The molecule has 0 aliphatic carbocycles. The van der Waals surface area contributed by atoms with Crippen molar-refractivity contribution in [2.75, 3.05) is 25.1 Å². The lowest BCUT2D eigenvalue weighted by Gasteiger charge is -2.29. The van der Waals surface area contributed by atoms with Gasteiger partial charge in [-0.2, -0.15) is 0 Å².